The van der Waals surface area contributed by atoms with Crippen LogP contribution in [0.3, 0.4) is 0 Å². The predicted molar refractivity (Wildman–Crippen MR) is 85.2 cm³/mol. The molecular formula is C15H21N3O4S. The summed E-state index contributed by atoms with van der Waals surface area (Å²) in [6.45, 7) is 3.47. The van der Waals surface area contributed by atoms with Crippen LogP contribution in [0.5, 0.6) is 0 Å². The fourth-order valence-corrected chi connectivity index (χ4v) is 3.46. The topological polar surface area (TPSA) is 78.0 Å². The monoisotopic (exact) mass is 339 g/mol. The van der Waals surface area contributed by atoms with Gasteiger partial charge in [-0.1, -0.05) is 17.7 Å². The van der Waals surface area contributed by atoms with Crippen molar-refractivity contribution in [2.24, 2.45) is 0 Å². The number of piperazine rings is 1. The Bertz CT molecular complexity index is 664. The standard InChI is InChI=1S/C15H21N3O4S/c1-13-3-5-14(6-4-13)23(21,22)16(2)11-15(20)18-9-7-17(12-19)8-10-18/h3-6,12H,7-11H2,1-2H3. The fraction of sp³-hybridized carbons (Fsp3) is 0.467. The third kappa shape index (κ3) is 4.08. The summed E-state index contributed by atoms with van der Waals surface area (Å²) in [6.07, 6.45) is 0.760. The van der Waals surface area contributed by atoms with Gasteiger partial charge in [0, 0.05) is 33.2 Å². The molecule has 0 unspecified atom stereocenters. The minimum absolute atomic E-state index is 0.171. The summed E-state index contributed by atoms with van der Waals surface area (Å²) in [4.78, 5) is 26.3. The smallest absolute Gasteiger partial charge is 0.243 e. The minimum atomic E-state index is -3.69. The lowest BCUT2D eigenvalue weighted by Gasteiger charge is -2.33. The number of carbonyl (C=O) groups excluding carboxylic acids is 2. The third-order valence-electron chi connectivity index (χ3n) is 3.90. The van der Waals surface area contributed by atoms with Gasteiger partial charge in [-0.3, -0.25) is 9.59 Å². The molecule has 126 valence electrons. The summed E-state index contributed by atoms with van der Waals surface area (Å²) in [5, 5.41) is 0. The van der Waals surface area contributed by atoms with Gasteiger partial charge in [0.15, 0.2) is 0 Å². The maximum absolute atomic E-state index is 12.5. The Morgan fingerprint density at radius 1 is 1.17 bits per heavy atom. The maximum atomic E-state index is 12.5. The van der Waals surface area contributed by atoms with Crippen LogP contribution in [0.2, 0.25) is 0 Å². The molecule has 0 radical (unpaired) electrons. The van der Waals surface area contributed by atoms with E-state index in [1.807, 2.05) is 6.92 Å². The second kappa shape index (κ2) is 7.10. The van der Waals surface area contributed by atoms with Gasteiger partial charge in [0.2, 0.25) is 22.3 Å². The van der Waals surface area contributed by atoms with Crippen LogP contribution in [0.4, 0.5) is 0 Å². The van der Waals surface area contributed by atoms with Gasteiger partial charge in [0.05, 0.1) is 11.4 Å². The van der Waals surface area contributed by atoms with Crippen LogP contribution in [-0.2, 0) is 19.6 Å². The fourth-order valence-electron chi connectivity index (χ4n) is 2.34. The van der Waals surface area contributed by atoms with Crippen LogP contribution in [-0.4, -0.2) is 74.6 Å². The van der Waals surface area contributed by atoms with Crippen molar-refractivity contribution < 1.29 is 18.0 Å². The molecule has 8 heteroatoms. The molecule has 0 N–H and O–H groups in total. The SMILES string of the molecule is Cc1ccc(S(=O)(=O)N(C)CC(=O)N2CCN(C=O)CC2)cc1. The van der Waals surface area contributed by atoms with E-state index in [1.54, 1.807) is 21.9 Å². The molecule has 1 heterocycles. The van der Waals surface area contributed by atoms with E-state index >= 15 is 0 Å². The van der Waals surface area contributed by atoms with Gasteiger partial charge in [0.1, 0.15) is 0 Å². The molecule has 1 aliphatic heterocycles. The number of rotatable bonds is 5. The number of carbonyl (C=O) groups is 2. The molecule has 0 atom stereocenters. The van der Waals surface area contributed by atoms with E-state index in [4.69, 9.17) is 0 Å². The molecule has 1 fully saturated rings. The summed E-state index contributed by atoms with van der Waals surface area (Å²) in [6, 6.07) is 6.52. The third-order valence-corrected chi connectivity index (χ3v) is 5.72. The van der Waals surface area contributed by atoms with Crippen LogP contribution in [0.25, 0.3) is 0 Å². The molecule has 2 rings (SSSR count). The number of benzene rings is 1. The molecule has 0 bridgehead atoms. The number of amides is 2. The van der Waals surface area contributed by atoms with E-state index in [1.165, 1.54) is 19.2 Å². The first-order valence-corrected chi connectivity index (χ1v) is 8.79. The van der Waals surface area contributed by atoms with Gasteiger partial charge in [0.25, 0.3) is 0 Å². The zero-order chi connectivity index (χ0) is 17.0. The Hall–Kier alpha value is -1.93. The Kier molecular flexibility index (Phi) is 5.38. The van der Waals surface area contributed by atoms with Crippen LogP contribution in [0.15, 0.2) is 29.2 Å². The lowest BCUT2D eigenvalue weighted by molar-refractivity contribution is -0.135. The van der Waals surface area contributed by atoms with Crippen molar-refractivity contribution in [3.05, 3.63) is 29.8 Å². The summed E-state index contributed by atoms with van der Waals surface area (Å²) in [5.41, 5.74) is 0.968. The van der Waals surface area contributed by atoms with Gasteiger partial charge in [-0.2, -0.15) is 4.31 Å². The van der Waals surface area contributed by atoms with Gasteiger partial charge in [-0.25, -0.2) is 8.42 Å². The molecular weight excluding hydrogens is 318 g/mol. The van der Waals surface area contributed by atoms with Crippen molar-refractivity contribution in [3.63, 3.8) is 0 Å². The molecule has 1 aromatic carbocycles. The zero-order valence-electron chi connectivity index (χ0n) is 13.3. The molecule has 0 saturated carbocycles. The highest BCUT2D eigenvalue weighted by molar-refractivity contribution is 7.89. The van der Waals surface area contributed by atoms with Crippen molar-refractivity contribution in [2.45, 2.75) is 11.8 Å². The molecule has 7 nitrogen and oxygen atoms in total. The Balaban J connectivity index is 2.00. The first-order chi connectivity index (χ1) is 10.8. The number of aryl methyl sites for hydroxylation is 1. The van der Waals surface area contributed by atoms with Crippen LogP contribution < -0.4 is 0 Å². The quantitative estimate of drug-likeness (QED) is 0.703. The van der Waals surface area contributed by atoms with Crippen molar-refractivity contribution in [1.82, 2.24) is 14.1 Å². The van der Waals surface area contributed by atoms with Gasteiger partial charge < -0.3 is 9.80 Å². The molecule has 0 aliphatic carbocycles. The van der Waals surface area contributed by atoms with Crippen LogP contribution >= 0.6 is 0 Å². The van der Waals surface area contributed by atoms with Gasteiger partial charge >= 0.3 is 0 Å². The van der Waals surface area contributed by atoms with Gasteiger partial charge in [-0.05, 0) is 19.1 Å². The van der Waals surface area contributed by atoms with Crippen molar-refractivity contribution >= 4 is 22.3 Å². The number of likely N-dealkylation sites (N-methyl/N-ethyl adjacent to an activating group) is 1. The van der Waals surface area contributed by atoms with Crippen LogP contribution in [0, 0.1) is 6.92 Å². The molecule has 1 saturated heterocycles. The van der Waals surface area contributed by atoms with E-state index in [0.29, 0.717) is 26.2 Å². The summed E-state index contributed by atoms with van der Waals surface area (Å²) >= 11 is 0. The summed E-state index contributed by atoms with van der Waals surface area (Å²) < 4.78 is 26.0. The Morgan fingerprint density at radius 2 is 1.74 bits per heavy atom. The average Bonchev–Trinajstić information content (AvgIpc) is 2.55. The number of hydrogen-bond acceptors (Lipinski definition) is 4. The highest BCUT2D eigenvalue weighted by Crippen LogP contribution is 2.15. The lowest BCUT2D eigenvalue weighted by atomic mass is 10.2. The highest BCUT2D eigenvalue weighted by atomic mass is 32.2. The van der Waals surface area contributed by atoms with E-state index in [9.17, 15) is 18.0 Å². The van der Waals surface area contributed by atoms with E-state index in [2.05, 4.69) is 0 Å². The molecule has 0 aromatic heterocycles. The van der Waals surface area contributed by atoms with E-state index in [0.717, 1.165) is 16.3 Å². The molecule has 1 aliphatic rings. The second-order valence-electron chi connectivity index (χ2n) is 5.60. The molecule has 0 spiro atoms. The minimum Gasteiger partial charge on any atom is -0.342 e. The Labute approximate surface area is 136 Å². The van der Waals surface area contributed by atoms with E-state index < -0.39 is 10.0 Å². The van der Waals surface area contributed by atoms with Crippen molar-refractivity contribution in [2.75, 3.05) is 39.8 Å². The molecule has 1 aromatic rings. The van der Waals surface area contributed by atoms with Crippen molar-refractivity contribution in [1.29, 1.82) is 0 Å². The number of sulfonamides is 1. The van der Waals surface area contributed by atoms with Gasteiger partial charge in [-0.15, -0.1) is 0 Å². The largest absolute Gasteiger partial charge is 0.342 e. The zero-order valence-corrected chi connectivity index (χ0v) is 14.1. The lowest BCUT2D eigenvalue weighted by Crippen LogP contribution is -2.50. The molecule has 23 heavy (non-hydrogen) atoms. The van der Waals surface area contributed by atoms with E-state index in [-0.39, 0.29) is 17.3 Å². The average molecular weight is 339 g/mol. The van der Waals surface area contributed by atoms with Crippen LogP contribution in [0.1, 0.15) is 5.56 Å². The molecule has 2 amide bonds. The number of nitrogens with zero attached hydrogens (tertiary/aromatic N) is 3. The first-order valence-electron chi connectivity index (χ1n) is 7.34. The summed E-state index contributed by atoms with van der Waals surface area (Å²) in [5.74, 6) is -0.256. The van der Waals surface area contributed by atoms with Crippen molar-refractivity contribution in [3.8, 4) is 0 Å². The number of hydrogen-bond donors (Lipinski definition) is 0. The second-order valence-corrected chi connectivity index (χ2v) is 7.64. The first kappa shape index (κ1) is 17.4. The maximum Gasteiger partial charge on any atom is 0.243 e. The predicted octanol–water partition coefficient (Wildman–Crippen LogP) is -0.0839. The summed E-state index contributed by atoms with van der Waals surface area (Å²) in [7, 11) is -2.29. The highest BCUT2D eigenvalue weighted by Gasteiger charge is 2.26. The Morgan fingerprint density at radius 3 is 2.26 bits per heavy atom. The normalized spacial score (nSPS) is 15.8.